The fraction of sp³-hybridized carbons (Fsp3) is 1.00. The highest BCUT2D eigenvalue weighted by molar-refractivity contribution is 7.94. The van der Waals surface area contributed by atoms with Gasteiger partial charge in [-0.15, -0.1) is 0 Å². The van der Waals surface area contributed by atoms with Gasteiger partial charge in [-0.3, -0.25) is 0 Å². The Morgan fingerprint density at radius 3 is 2.67 bits per heavy atom. The van der Waals surface area contributed by atoms with E-state index < -0.39 is 0 Å². The Hall–Kier alpha value is 0.310. The Bertz CT molecular complexity index is 77.0. The van der Waals surface area contributed by atoms with E-state index in [4.69, 9.17) is 4.18 Å². The van der Waals surface area contributed by atoms with Crippen molar-refractivity contribution in [1.82, 2.24) is 0 Å². The lowest BCUT2D eigenvalue weighted by Gasteiger charge is -2.23. The van der Waals surface area contributed by atoms with E-state index in [0.29, 0.717) is 0 Å². The summed E-state index contributed by atoms with van der Waals surface area (Å²) in [7, 11) is 0. The average molecular weight is 146 g/mol. The van der Waals surface area contributed by atoms with Gasteiger partial charge in [-0.25, -0.2) is 0 Å². The van der Waals surface area contributed by atoms with Crippen LogP contribution < -0.4 is 0 Å². The second-order valence-electron chi connectivity index (χ2n) is 2.90. The molecular formula is C7H14OS. The van der Waals surface area contributed by atoms with Gasteiger partial charge in [0, 0.05) is 5.75 Å². The van der Waals surface area contributed by atoms with Crippen molar-refractivity contribution >= 4 is 12.0 Å². The molecule has 1 aliphatic rings. The smallest absolute Gasteiger partial charge is 0.0644 e. The van der Waals surface area contributed by atoms with Crippen LogP contribution in [0.25, 0.3) is 0 Å². The van der Waals surface area contributed by atoms with Gasteiger partial charge in [-0.05, 0) is 30.3 Å². The van der Waals surface area contributed by atoms with Gasteiger partial charge in [-0.1, -0.05) is 13.8 Å². The predicted octanol–water partition coefficient (Wildman–Crippen LogP) is 2.33. The fourth-order valence-corrected chi connectivity index (χ4v) is 1.79. The average Bonchev–Trinajstić information content (AvgIpc) is 1.90. The second kappa shape index (κ2) is 3.47. The molecule has 0 amide bonds. The van der Waals surface area contributed by atoms with E-state index in [9.17, 15) is 0 Å². The third-order valence-corrected chi connectivity index (χ3v) is 2.59. The van der Waals surface area contributed by atoms with E-state index in [1.165, 1.54) is 12.2 Å². The quantitative estimate of drug-likeness (QED) is 0.525. The predicted molar refractivity (Wildman–Crippen MR) is 41.4 cm³/mol. The van der Waals surface area contributed by atoms with Crippen LogP contribution in [0.4, 0.5) is 0 Å². The molecule has 54 valence electrons. The first kappa shape index (κ1) is 7.42. The maximum atomic E-state index is 5.26. The number of hydrogen-bond acceptors (Lipinski definition) is 2. The minimum atomic E-state index is 0.797. The van der Waals surface area contributed by atoms with Crippen LogP contribution in [-0.4, -0.2) is 12.4 Å². The third-order valence-electron chi connectivity index (χ3n) is 1.88. The van der Waals surface area contributed by atoms with E-state index in [0.717, 1.165) is 18.4 Å². The summed E-state index contributed by atoms with van der Waals surface area (Å²) in [4.78, 5) is 0. The van der Waals surface area contributed by atoms with Gasteiger partial charge in [0.15, 0.2) is 0 Å². The first-order chi connectivity index (χ1) is 4.30. The van der Waals surface area contributed by atoms with Crippen molar-refractivity contribution in [1.29, 1.82) is 0 Å². The third kappa shape index (κ3) is 2.18. The Morgan fingerprint density at radius 1 is 1.56 bits per heavy atom. The summed E-state index contributed by atoms with van der Waals surface area (Å²) in [6.45, 7) is 5.50. The molecule has 1 fully saturated rings. The van der Waals surface area contributed by atoms with Crippen LogP contribution >= 0.6 is 12.0 Å². The molecule has 2 heteroatoms. The molecule has 0 aliphatic carbocycles. The summed E-state index contributed by atoms with van der Waals surface area (Å²) in [5.41, 5.74) is 0. The van der Waals surface area contributed by atoms with Crippen molar-refractivity contribution < 1.29 is 4.18 Å². The van der Waals surface area contributed by atoms with Gasteiger partial charge in [0.2, 0.25) is 0 Å². The lowest BCUT2D eigenvalue weighted by molar-refractivity contribution is 0.216. The van der Waals surface area contributed by atoms with Crippen LogP contribution in [0, 0.1) is 11.8 Å². The number of rotatable bonds is 1. The van der Waals surface area contributed by atoms with Crippen LogP contribution in [0.15, 0.2) is 0 Å². The lowest BCUT2D eigenvalue weighted by atomic mass is 9.94. The molecule has 0 N–H and O–H groups in total. The summed E-state index contributed by atoms with van der Waals surface area (Å²) in [6.07, 6.45) is 1.34. The van der Waals surface area contributed by atoms with E-state index in [1.54, 1.807) is 12.0 Å². The minimum Gasteiger partial charge on any atom is -0.315 e. The molecule has 0 radical (unpaired) electrons. The molecular weight excluding hydrogens is 132 g/mol. The largest absolute Gasteiger partial charge is 0.315 e. The minimum absolute atomic E-state index is 0.797. The molecule has 1 aliphatic heterocycles. The molecule has 1 unspecified atom stereocenters. The van der Waals surface area contributed by atoms with Gasteiger partial charge < -0.3 is 4.18 Å². The van der Waals surface area contributed by atoms with Gasteiger partial charge in [0.25, 0.3) is 0 Å². The van der Waals surface area contributed by atoms with E-state index in [-0.39, 0.29) is 0 Å². The maximum absolute atomic E-state index is 5.26. The van der Waals surface area contributed by atoms with Crippen LogP contribution in [0.1, 0.15) is 20.3 Å². The van der Waals surface area contributed by atoms with Gasteiger partial charge >= 0.3 is 0 Å². The summed E-state index contributed by atoms with van der Waals surface area (Å²) in [5, 5.41) is 0. The highest BCUT2D eigenvalue weighted by Gasteiger charge is 2.17. The molecule has 9 heavy (non-hydrogen) atoms. The lowest BCUT2D eigenvalue weighted by Crippen LogP contribution is -2.18. The van der Waals surface area contributed by atoms with Crippen LogP contribution in [-0.2, 0) is 4.18 Å². The molecule has 0 aromatic rings. The Kier molecular flexibility index (Phi) is 2.86. The maximum Gasteiger partial charge on any atom is 0.0644 e. The normalized spacial score (nSPS) is 29.0. The van der Waals surface area contributed by atoms with Crippen molar-refractivity contribution in [3.05, 3.63) is 0 Å². The number of hydrogen-bond donors (Lipinski definition) is 0. The zero-order valence-electron chi connectivity index (χ0n) is 6.09. The van der Waals surface area contributed by atoms with E-state index in [1.807, 2.05) is 0 Å². The summed E-state index contributed by atoms with van der Waals surface area (Å²) < 4.78 is 5.26. The van der Waals surface area contributed by atoms with Crippen LogP contribution in [0.3, 0.4) is 0 Å². The van der Waals surface area contributed by atoms with E-state index in [2.05, 4.69) is 13.8 Å². The van der Waals surface area contributed by atoms with Crippen LogP contribution in [0.5, 0.6) is 0 Å². The molecule has 0 aromatic carbocycles. The molecule has 1 saturated heterocycles. The molecule has 1 rings (SSSR count). The van der Waals surface area contributed by atoms with Gasteiger partial charge in [0.05, 0.1) is 6.61 Å². The summed E-state index contributed by atoms with van der Waals surface area (Å²) >= 11 is 1.62. The first-order valence-electron chi connectivity index (χ1n) is 3.55. The first-order valence-corrected chi connectivity index (χ1v) is 4.46. The van der Waals surface area contributed by atoms with Crippen LogP contribution in [0.2, 0.25) is 0 Å². The molecule has 0 bridgehead atoms. The van der Waals surface area contributed by atoms with Crippen molar-refractivity contribution in [2.75, 3.05) is 12.4 Å². The SMILES string of the molecule is CC(C)C1CCSOC1. The summed E-state index contributed by atoms with van der Waals surface area (Å²) in [5.74, 6) is 2.79. The van der Waals surface area contributed by atoms with Crippen molar-refractivity contribution in [2.45, 2.75) is 20.3 Å². The van der Waals surface area contributed by atoms with Gasteiger partial charge in [0.1, 0.15) is 0 Å². The highest BCUT2D eigenvalue weighted by atomic mass is 32.2. The molecule has 0 spiro atoms. The highest BCUT2D eigenvalue weighted by Crippen LogP contribution is 2.25. The molecule has 1 atom stereocenters. The molecule has 1 nitrogen and oxygen atoms in total. The Balaban J connectivity index is 2.23. The summed E-state index contributed by atoms with van der Waals surface area (Å²) in [6, 6.07) is 0. The topological polar surface area (TPSA) is 9.23 Å². The zero-order chi connectivity index (χ0) is 6.69. The fourth-order valence-electron chi connectivity index (χ4n) is 1.00. The van der Waals surface area contributed by atoms with Gasteiger partial charge in [-0.2, -0.15) is 0 Å². The van der Waals surface area contributed by atoms with Crippen molar-refractivity contribution in [3.63, 3.8) is 0 Å². The Labute approximate surface area is 61.4 Å². The van der Waals surface area contributed by atoms with Crippen molar-refractivity contribution in [2.24, 2.45) is 11.8 Å². The molecule has 0 saturated carbocycles. The zero-order valence-corrected chi connectivity index (χ0v) is 6.91. The van der Waals surface area contributed by atoms with Crippen molar-refractivity contribution in [3.8, 4) is 0 Å². The second-order valence-corrected chi connectivity index (χ2v) is 3.78. The Morgan fingerprint density at radius 2 is 2.33 bits per heavy atom. The molecule has 0 aromatic heterocycles. The molecule has 1 heterocycles. The monoisotopic (exact) mass is 146 g/mol. The standard InChI is InChI=1S/C7H14OS/c1-6(2)7-3-4-9-8-5-7/h6-7H,3-5H2,1-2H3. The van der Waals surface area contributed by atoms with E-state index >= 15 is 0 Å².